The van der Waals surface area contributed by atoms with Gasteiger partial charge in [0.2, 0.25) is 0 Å². The minimum absolute atomic E-state index is 0.230. The maximum absolute atomic E-state index is 12.9. The maximum Gasteiger partial charge on any atom is 0.416 e. The summed E-state index contributed by atoms with van der Waals surface area (Å²) in [7, 11) is 1.68. The number of hydrogen-bond donors (Lipinski definition) is 1. The molecule has 1 atom stereocenters. The van der Waals surface area contributed by atoms with Crippen molar-refractivity contribution in [2.24, 2.45) is 5.92 Å². The van der Waals surface area contributed by atoms with Gasteiger partial charge in [-0.2, -0.15) is 13.2 Å². The first-order valence-electron chi connectivity index (χ1n) is 6.04. The number of pyridine rings is 1. The molecule has 0 aromatic carbocycles. The fraction of sp³-hybridized carbons (Fsp3) is 0.615. The quantitative estimate of drug-likeness (QED) is 0.871. The Morgan fingerprint density at radius 2 is 1.94 bits per heavy atom. The van der Waals surface area contributed by atoms with E-state index in [0.29, 0.717) is 12.3 Å². The molecule has 2 nitrogen and oxygen atoms in total. The first kappa shape index (κ1) is 15.0. The zero-order valence-corrected chi connectivity index (χ0v) is 10.9. The number of alkyl halides is 3. The number of rotatable bonds is 5. The summed E-state index contributed by atoms with van der Waals surface area (Å²) in [5.41, 5.74) is -0.367. The molecule has 1 aromatic rings. The Morgan fingerprint density at radius 3 is 2.44 bits per heavy atom. The summed E-state index contributed by atoms with van der Waals surface area (Å²) in [5.74, 6) is 0.465. The van der Waals surface area contributed by atoms with Crippen molar-refractivity contribution in [2.45, 2.75) is 38.9 Å². The molecule has 0 aliphatic carbocycles. The lowest BCUT2D eigenvalue weighted by molar-refractivity contribution is -0.138. The van der Waals surface area contributed by atoms with Gasteiger partial charge in [0.05, 0.1) is 5.56 Å². The van der Waals surface area contributed by atoms with Crippen LogP contribution >= 0.6 is 0 Å². The van der Waals surface area contributed by atoms with Crippen LogP contribution in [0.25, 0.3) is 0 Å². The molecule has 0 bridgehead atoms. The molecule has 0 aliphatic rings. The van der Waals surface area contributed by atoms with Crippen LogP contribution in [0.3, 0.4) is 0 Å². The van der Waals surface area contributed by atoms with E-state index in [2.05, 4.69) is 24.1 Å². The molecule has 0 fully saturated rings. The van der Waals surface area contributed by atoms with Crippen molar-refractivity contribution in [3.8, 4) is 0 Å². The van der Waals surface area contributed by atoms with Crippen molar-refractivity contribution in [2.75, 3.05) is 7.05 Å². The summed E-state index contributed by atoms with van der Waals surface area (Å²) in [6.07, 6.45) is -0.294. The fourth-order valence-corrected chi connectivity index (χ4v) is 1.90. The first-order valence-corrected chi connectivity index (χ1v) is 6.04. The van der Waals surface area contributed by atoms with Gasteiger partial charge in [-0.05, 0) is 37.4 Å². The van der Waals surface area contributed by atoms with Crippen molar-refractivity contribution < 1.29 is 13.2 Å². The molecule has 1 unspecified atom stereocenters. The largest absolute Gasteiger partial charge is 0.416 e. The van der Waals surface area contributed by atoms with Crippen LogP contribution in [0.1, 0.15) is 43.9 Å². The third-order valence-electron chi connectivity index (χ3n) is 2.91. The van der Waals surface area contributed by atoms with Crippen LogP contribution in [0, 0.1) is 5.92 Å². The van der Waals surface area contributed by atoms with E-state index < -0.39 is 11.7 Å². The summed E-state index contributed by atoms with van der Waals surface area (Å²) in [6, 6.07) is 0.729. The predicted molar refractivity (Wildman–Crippen MR) is 65.1 cm³/mol. The van der Waals surface area contributed by atoms with Gasteiger partial charge in [-0.3, -0.25) is 4.98 Å². The number of aromatic nitrogens is 1. The average Bonchev–Trinajstić information content (AvgIpc) is 2.29. The maximum atomic E-state index is 12.9. The highest BCUT2D eigenvalue weighted by molar-refractivity contribution is 5.29. The van der Waals surface area contributed by atoms with Gasteiger partial charge in [-0.1, -0.05) is 13.8 Å². The van der Waals surface area contributed by atoms with E-state index in [1.54, 1.807) is 7.05 Å². The van der Waals surface area contributed by atoms with Gasteiger partial charge in [-0.25, -0.2) is 0 Å². The summed E-state index contributed by atoms with van der Waals surface area (Å²) < 4.78 is 38.7. The minimum Gasteiger partial charge on any atom is -0.313 e. The summed E-state index contributed by atoms with van der Waals surface area (Å²) in [6.45, 7) is 4.11. The van der Waals surface area contributed by atoms with Crippen molar-refractivity contribution in [3.05, 3.63) is 29.6 Å². The number of halogens is 3. The van der Waals surface area contributed by atoms with Crippen LogP contribution < -0.4 is 5.32 Å². The molecule has 1 N–H and O–H groups in total. The van der Waals surface area contributed by atoms with E-state index in [4.69, 9.17) is 0 Å². The predicted octanol–water partition coefficient (Wildman–Crippen LogP) is 3.80. The lowest BCUT2D eigenvalue weighted by Crippen LogP contribution is -2.21. The second kappa shape index (κ2) is 6.18. The topological polar surface area (TPSA) is 24.9 Å². The molecule has 1 rings (SSSR count). The third-order valence-corrected chi connectivity index (χ3v) is 2.91. The molecule has 0 amide bonds. The van der Waals surface area contributed by atoms with Gasteiger partial charge in [0.15, 0.2) is 0 Å². The molecule has 0 saturated heterocycles. The first-order chi connectivity index (χ1) is 8.36. The van der Waals surface area contributed by atoms with Crippen LogP contribution in [0.2, 0.25) is 0 Å². The lowest BCUT2D eigenvalue weighted by atomic mass is 9.95. The molecule has 5 heteroatoms. The SMILES string of the molecule is CNC(CCC(C)C)c1cnccc1C(F)(F)F. The van der Waals surface area contributed by atoms with E-state index in [0.717, 1.165) is 12.5 Å². The van der Waals surface area contributed by atoms with Gasteiger partial charge in [-0.15, -0.1) is 0 Å². The highest BCUT2D eigenvalue weighted by atomic mass is 19.4. The smallest absolute Gasteiger partial charge is 0.313 e. The molecule has 102 valence electrons. The average molecular weight is 260 g/mol. The van der Waals surface area contributed by atoms with Crippen molar-refractivity contribution >= 4 is 0 Å². The van der Waals surface area contributed by atoms with E-state index in [-0.39, 0.29) is 11.6 Å². The highest BCUT2D eigenvalue weighted by Crippen LogP contribution is 2.35. The summed E-state index contributed by atoms with van der Waals surface area (Å²) in [5, 5.41) is 2.95. The van der Waals surface area contributed by atoms with E-state index in [1.807, 2.05) is 0 Å². The summed E-state index contributed by atoms with van der Waals surface area (Å²) >= 11 is 0. The molecule has 18 heavy (non-hydrogen) atoms. The Kier molecular flexibility index (Phi) is 5.14. The zero-order valence-electron chi connectivity index (χ0n) is 10.9. The molecule has 1 aromatic heterocycles. The monoisotopic (exact) mass is 260 g/mol. The molecule has 0 radical (unpaired) electrons. The van der Waals surface area contributed by atoms with E-state index in [1.165, 1.54) is 12.4 Å². The van der Waals surface area contributed by atoms with Gasteiger partial charge < -0.3 is 5.32 Å². The summed E-state index contributed by atoms with van der Waals surface area (Å²) in [4.78, 5) is 3.81. The van der Waals surface area contributed by atoms with Crippen molar-refractivity contribution in [3.63, 3.8) is 0 Å². The van der Waals surface area contributed by atoms with E-state index in [9.17, 15) is 13.2 Å². The van der Waals surface area contributed by atoms with Crippen molar-refractivity contribution in [1.82, 2.24) is 10.3 Å². The van der Waals surface area contributed by atoms with Gasteiger partial charge >= 0.3 is 6.18 Å². The second-order valence-electron chi connectivity index (χ2n) is 4.77. The molecule has 0 aliphatic heterocycles. The van der Waals surface area contributed by atoms with E-state index >= 15 is 0 Å². The van der Waals surface area contributed by atoms with Crippen LogP contribution in [-0.2, 0) is 6.18 Å². The Balaban J connectivity index is 2.98. The number of nitrogens with one attached hydrogen (secondary N) is 1. The highest BCUT2D eigenvalue weighted by Gasteiger charge is 2.34. The van der Waals surface area contributed by atoms with Gasteiger partial charge in [0.1, 0.15) is 0 Å². The standard InChI is InChI=1S/C13H19F3N2/c1-9(2)4-5-12(17-3)10-8-18-7-6-11(10)13(14,15)16/h6-9,12,17H,4-5H2,1-3H3. The second-order valence-corrected chi connectivity index (χ2v) is 4.77. The molecular formula is C13H19F3N2. The Hall–Kier alpha value is -1.10. The third kappa shape index (κ3) is 3.98. The Bertz CT molecular complexity index is 375. The van der Waals surface area contributed by atoms with Crippen molar-refractivity contribution in [1.29, 1.82) is 0 Å². The molecule has 0 spiro atoms. The fourth-order valence-electron chi connectivity index (χ4n) is 1.90. The lowest BCUT2D eigenvalue weighted by Gasteiger charge is -2.21. The minimum atomic E-state index is -4.33. The Labute approximate surface area is 106 Å². The van der Waals surface area contributed by atoms with Crippen LogP contribution in [0.4, 0.5) is 13.2 Å². The van der Waals surface area contributed by atoms with Crippen LogP contribution in [0.5, 0.6) is 0 Å². The number of hydrogen-bond acceptors (Lipinski definition) is 2. The van der Waals surface area contributed by atoms with Crippen LogP contribution in [-0.4, -0.2) is 12.0 Å². The molecule has 1 heterocycles. The molecule has 0 saturated carbocycles. The van der Waals surface area contributed by atoms with Crippen LogP contribution in [0.15, 0.2) is 18.5 Å². The van der Waals surface area contributed by atoms with Gasteiger partial charge in [0, 0.05) is 18.4 Å². The zero-order chi connectivity index (χ0) is 13.8. The molecular weight excluding hydrogens is 241 g/mol. The number of nitrogens with zero attached hydrogens (tertiary/aromatic N) is 1. The van der Waals surface area contributed by atoms with Gasteiger partial charge in [0.25, 0.3) is 0 Å². The normalized spacial score (nSPS) is 13.9. The Morgan fingerprint density at radius 1 is 1.28 bits per heavy atom.